The number of hydrogen-bond donors (Lipinski definition) is 1. The van der Waals surface area contributed by atoms with Crippen molar-refractivity contribution in [2.45, 2.75) is 38.8 Å². The lowest BCUT2D eigenvalue weighted by Gasteiger charge is -2.42. The van der Waals surface area contributed by atoms with Gasteiger partial charge in [0.25, 0.3) is 0 Å². The number of amides is 1. The first-order valence-corrected chi connectivity index (χ1v) is 7.99. The lowest BCUT2D eigenvalue weighted by molar-refractivity contribution is -0.123. The lowest BCUT2D eigenvalue weighted by atomic mass is 10.0. The molecule has 2 rings (SSSR count). The van der Waals surface area contributed by atoms with Crippen molar-refractivity contribution in [2.75, 3.05) is 52.9 Å². The third-order valence-corrected chi connectivity index (χ3v) is 4.43. The normalized spacial score (nSPS) is 24.2. The van der Waals surface area contributed by atoms with Crippen molar-refractivity contribution in [3.63, 3.8) is 0 Å². The Balaban J connectivity index is 1.68. The Morgan fingerprint density at radius 2 is 1.70 bits per heavy atom. The van der Waals surface area contributed by atoms with Gasteiger partial charge in [0.1, 0.15) is 0 Å². The SMILES string of the molecule is CC(C)NC(=O)CN1CCC(N2CCN(C)CC2)CC1. The van der Waals surface area contributed by atoms with Crippen molar-refractivity contribution in [2.24, 2.45) is 0 Å². The van der Waals surface area contributed by atoms with E-state index in [-0.39, 0.29) is 11.9 Å². The molecule has 20 heavy (non-hydrogen) atoms. The van der Waals surface area contributed by atoms with Gasteiger partial charge < -0.3 is 10.2 Å². The molecule has 0 unspecified atom stereocenters. The molecule has 0 aromatic heterocycles. The van der Waals surface area contributed by atoms with Gasteiger partial charge in [-0.3, -0.25) is 14.6 Å². The van der Waals surface area contributed by atoms with Crippen LogP contribution < -0.4 is 5.32 Å². The first-order valence-electron chi connectivity index (χ1n) is 7.99. The van der Waals surface area contributed by atoms with Crippen LogP contribution in [0.1, 0.15) is 26.7 Å². The van der Waals surface area contributed by atoms with Gasteiger partial charge in [-0.25, -0.2) is 0 Å². The van der Waals surface area contributed by atoms with Crippen molar-refractivity contribution in [1.82, 2.24) is 20.0 Å². The summed E-state index contributed by atoms with van der Waals surface area (Å²) in [5, 5.41) is 2.97. The van der Waals surface area contributed by atoms with E-state index < -0.39 is 0 Å². The number of nitrogens with zero attached hydrogens (tertiary/aromatic N) is 3. The smallest absolute Gasteiger partial charge is 0.234 e. The van der Waals surface area contributed by atoms with Gasteiger partial charge in [0.15, 0.2) is 0 Å². The fourth-order valence-corrected chi connectivity index (χ4v) is 3.20. The molecule has 0 aromatic carbocycles. The molecule has 0 spiro atoms. The fourth-order valence-electron chi connectivity index (χ4n) is 3.20. The summed E-state index contributed by atoms with van der Waals surface area (Å²) in [6.45, 7) is 11.5. The number of carbonyl (C=O) groups excluding carboxylic acids is 1. The molecule has 5 heteroatoms. The summed E-state index contributed by atoms with van der Waals surface area (Å²) >= 11 is 0. The molecular weight excluding hydrogens is 252 g/mol. The van der Waals surface area contributed by atoms with Gasteiger partial charge >= 0.3 is 0 Å². The number of rotatable bonds is 4. The predicted molar refractivity (Wildman–Crippen MR) is 81.8 cm³/mol. The van der Waals surface area contributed by atoms with Gasteiger partial charge in [-0.15, -0.1) is 0 Å². The van der Waals surface area contributed by atoms with Gasteiger partial charge in [-0.1, -0.05) is 0 Å². The number of piperidine rings is 1. The number of piperazine rings is 1. The third kappa shape index (κ3) is 4.72. The molecular formula is C15H30N4O. The molecule has 0 bridgehead atoms. The molecule has 1 N–H and O–H groups in total. The van der Waals surface area contributed by atoms with Crippen molar-refractivity contribution < 1.29 is 4.79 Å². The Labute approximate surface area is 123 Å². The van der Waals surface area contributed by atoms with Crippen LogP contribution in [0.4, 0.5) is 0 Å². The molecule has 2 saturated heterocycles. The molecule has 2 aliphatic heterocycles. The fraction of sp³-hybridized carbons (Fsp3) is 0.933. The zero-order chi connectivity index (χ0) is 14.5. The van der Waals surface area contributed by atoms with Crippen LogP contribution in [0.2, 0.25) is 0 Å². The highest BCUT2D eigenvalue weighted by Crippen LogP contribution is 2.17. The van der Waals surface area contributed by atoms with Crippen LogP contribution >= 0.6 is 0 Å². The van der Waals surface area contributed by atoms with E-state index in [1.807, 2.05) is 13.8 Å². The average molecular weight is 282 g/mol. The first-order chi connectivity index (χ1) is 9.54. The zero-order valence-corrected chi connectivity index (χ0v) is 13.3. The maximum atomic E-state index is 11.8. The van der Waals surface area contributed by atoms with Gasteiger partial charge in [-0.05, 0) is 33.7 Å². The highest BCUT2D eigenvalue weighted by atomic mass is 16.2. The summed E-state index contributed by atoms with van der Waals surface area (Å²) in [6, 6.07) is 0.971. The number of nitrogens with one attached hydrogen (secondary N) is 1. The standard InChI is InChI=1S/C15H30N4O/c1-13(2)16-15(20)12-18-6-4-14(5-7-18)19-10-8-17(3)9-11-19/h13-14H,4-12H2,1-3H3,(H,16,20). The van der Waals surface area contributed by atoms with E-state index in [9.17, 15) is 4.79 Å². The topological polar surface area (TPSA) is 38.8 Å². The Morgan fingerprint density at radius 3 is 2.25 bits per heavy atom. The highest BCUT2D eigenvalue weighted by molar-refractivity contribution is 5.78. The monoisotopic (exact) mass is 282 g/mol. The third-order valence-electron chi connectivity index (χ3n) is 4.43. The van der Waals surface area contributed by atoms with Crippen LogP contribution in [0.25, 0.3) is 0 Å². The van der Waals surface area contributed by atoms with E-state index in [1.54, 1.807) is 0 Å². The number of likely N-dealkylation sites (N-methyl/N-ethyl adjacent to an activating group) is 1. The first kappa shape index (κ1) is 15.7. The minimum absolute atomic E-state index is 0.165. The van der Waals surface area contributed by atoms with Crippen molar-refractivity contribution in [1.29, 1.82) is 0 Å². The molecule has 116 valence electrons. The second-order valence-corrected chi connectivity index (χ2v) is 6.57. The van der Waals surface area contributed by atoms with Crippen LogP contribution in [0.3, 0.4) is 0 Å². The van der Waals surface area contributed by atoms with E-state index >= 15 is 0 Å². The molecule has 5 nitrogen and oxygen atoms in total. The highest BCUT2D eigenvalue weighted by Gasteiger charge is 2.27. The summed E-state index contributed by atoms with van der Waals surface area (Å²) in [5.41, 5.74) is 0. The molecule has 2 aliphatic rings. The summed E-state index contributed by atoms with van der Waals surface area (Å²) in [5.74, 6) is 0.165. The van der Waals surface area contributed by atoms with Gasteiger partial charge in [0, 0.05) is 51.4 Å². The van der Waals surface area contributed by atoms with E-state index in [0.717, 1.165) is 19.1 Å². The van der Waals surface area contributed by atoms with Crippen molar-refractivity contribution >= 4 is 5.91 Å². The van der Waals surface area contributed by atoms with E-state index in [2.05, 4.69) is 27.1 Å². The van der Waals surface area contributed by atoms with E-state index in [1.165, 1.54) is 39.0 Å². The largest absolute Gasteiger partial charge is 0.353 e. The minimum Gasteiger partial charge on any atom is -0.353 e. The molecule has 0 saturated carbocycles. The summed E-state index contributed by atoms with van der Waals surface area (Å²) in [6.07, 6.45) is 2.41. The molecule has 1 amide bonds. The van der Waals surface area contributed by atoms with Crippen molar-refractivity contribution in [3.05, 3.63) is 0 Å². The van der Waals surface area contributed by atoms with Crippen molar-refractivity contribution in [3.8, 4) is 0 Å². The van der Waals surface area contributed by atoms with Crippen LogP contribution in [0.15, 0.2) is 0 Å². The summed E-state index contributed by atoms with van der Waals surface area (Å²) in [7, 11) is 2.20. The van der Waals surface area contributed by atoms with Crippen LogP contribution in [-0.4, -0.2) is 85.6 Å². The Morgan fingerprint density at radius 1 is 1.10 bits per heavy atom. The van der Waals surface area contributed by atoms with E-state index in [0.29, 0.717) is 6.54 Å². The molecule has 2 fully saturated rings. The van der Waals surface area contributed by atoms with Crippen LogP contribution in [0, 0.1) is 0 Å². The Bertz CT molecular complexity index is 305. The molecule has 0 radical (unpaired) electrons. The number of likely N-dealkylation sites (tertiary alicyclic amines) is 1. The average Bonchev–Trinajstić information content (AvgIpc) is 2.39. The summed E-state index contributed by atoms with van der Waals surface area (Å²) < 4.78 is 0. The van der Waals surface area contributed by atoms with Gasteiger partial charge in [-0.2, -0.15) is 0 Å². The second kappa shape index (κ2) is 7.38. The Hall–Kier alpha value is -0.650. The number of carbonyl (C=O) groups is 1. The predicted octanol–water partition coefficient (Wildman–Crippen LogP) is 0.223. The quantitative estimate of drug-likeness (QED) is 0.801. The second-order valence-electron chi connectivity index (χ2n) is 6.57. The number of hydrogen-bond acceptors (Lipinski definition) is 4. The van der Waals surface area contributed by atoms with Gasteiger partial charge in [0.2, 0.25) is 5.91 Å². The van der Waals surface area contributed by atoms with Crippen LogP contribution in [0.5, 0.6) is 0 Å². The molecule has 0 atom stereocenters. The maximum Gasteiger partial charge on any atom is 0.234 e. The summed E-state index contributed by atoms with van der Waals surface area (Å²) in [4.78, 5) is 19.1. The lowest BCUT2D eigenvalue weighted by Crippen LogP contribution is -2.53. The van der Waals surface area contributed by atoms with Crippen LogP contribution in [-0.2, 0) is 4.79 Å². The minimum atomic E-state index is 0.165. The molecule has 2 heterocycles. The Kier molecular flexibility index (Phi) is 5.81. The zero-order valence-electron chi connectivity index (χ0n) is 13.3. The molecule has 0 aromatic rings. The van der Waals surface area contributed by atoms with E-state index in [4.69, 9.17) is 0 Å². The molecule has 0 aliphatic carbocycles. The van der Waals surface area contributed by atoms with Gasteiger partial charge in [0.05, 0.1) is 6.54 Å². The maximum absolute atomic E-state index is 11.8.